The second kappa shape index (κ2) is 4.00. The van der Waals surface area contributed by atoms with E-state index < -0.39 is 8.07 Å². The van der Waals surface area contributed by atoms with Crippen LogP contribution in [0.1, 0.15) is 17.5 Å². The molecule has 0 aliphatic rings. The Morgan fingerprint density at radius 2 is 2.14 bits per heavy atom. The molecular formula is C10H17NO2Si. The Kier molecular flexibility index (Phi) is 3.16. The maximum absolute atomic E-state index is 11.6. The predicted octanol–water partition coefficient (Wildman–Crippen LogP) is 1.57. The highest BCUT2D eigenvalue weighted by atomic mass is 28.3. The molecule has 1 amide bonds. The van der Waals surface area contributed by atoms with Gasteiger partial charge in [-0.15, -0.1) is 0 Å². The van der Waals surface area contributed by atoms with E-state index in [2.05, 4.69) is 25.0 Å². The molecule has 0 aromatic carbocycles. The van der Waals surface area contributed by atoms with Gasteiger partial charge < -0.3 is 9.73 Å². The van der Waals surface area contributed by atoms with Crippen LogP contribution in [0.5, 0.6) is 0 Å². The number of carbonyl (C=O) groups excluding carboxylic acids is 1. The predicted molar refractivity (Wildman–Crippen MR) is 59.7 cm³/mol. The molecule has 78 valence electrons. The van der Waals surface area contributed by atoms with E-state index in [4.69, 9.17) is 4.42 Å². The maximum atomic E-state index is 11.6. The molecule has 0 aliphatic heterocycles. The largest absolute Gasteiger partial charge is 0.459 e. The van der Waals surface area contributed by atoms with E-state index in [1.165, 1.54) is 0 Å². The lowest BCUT2D eigenvalue weighted by Gasteiger charge is -2.15. The van der Waals surface area contributed by atoms with E-state index in [0.717, 1.165) is 5.19 Å². The molecule has 0 saturated heterocycles. The topological polar surface area (TPSA) is 42.2 Å². The molecule has 0 atom stereocenters. The molecule has 1 heterocycles. The van der Waals surface area contributed by atoms with E-state index in [1.54, 1.807) is 6.26 Å². The van der Waals surface area contributed by atoms with Gasteiger partial charge in [0.15, 0.2) is 5.76 Å². The average molecular weight is 211 g/mol. The molecule has 14 heavy (non-hydrogen) atoms. The normalized spacial score (nSPS) is 11.4. The third-order valence-electron chi connectivity index (χ3n) is 2.02. The van der Waals surface area contributed by atoms with E-state index in [-0.39, 0.29) is 5.91 Å². The molecule has 3 nitrogen and oxygen atoms in total. The summed E-state index contributed by atoms with van der Waals surface area (Å²) in [7, 11) is -1.47. The first-order valence-corrected chi connectivity index (χ1v) is 8.33. The van der Waals surface area contributed by atoms with Crippen molar-refractivity contribution in [2.45, 2.75) is 26.6 Å². The number of hydrogen-bond acceptors (Lipinski definition) is 2. The first-order chi connectivity index (χ1) is 6.46. The minimum atomic E-state index is -1.47. The van der Waals surface area contributed by atoms with Crippen LogP contribution in [0.15, 0.2) is 16.7 Å². The summed E-state index contributed by atoms with van der Waals surface area (Å²) in [5, 5.41) is 3.84. The molecule has 0 bridgehead atoms. The van der Waals surface area contributed by atoms with Crippen molar-refractivity contribution in [1.82, 2.24) is 5.32 Å². The third kappa shape index (κ3) is 2.26. The third-order valence-corrected chi connectivity index (χ3v) is 4.03. The zero-order valence-electron chi connectivity index (χ0n) is 9.18. The Balaban J connectivity index is 2.99. The Hall–Kier alpha value is -1.03. The summed E-state index contributed by atoms with van der Waals surface area (Å²) in [4.78, 5) is 11.6. The molecule has 0 fully saturated rings. The van der Waals surface area contributed by atoms with Gasteiger partial charge in [0.05, 0.1) is 14.3 Å². The summed E-state index contributed by atoms with van der Waals surface area (Å²) in [6.07, 6.45) is 1.60. The van der Waals surface area contributed by atoms with Crippen LogP contribution in [0, 0.1) is 0 Å². The van der Waals surface area contributed by atoms with E-state index >= 15 is 0 Å². The average Bonchev–Trinajstić information content (AvgIpc) is 2.50. The fraction of sp³-hybridized carbons (Fsp3) is 0.500. The molecule has 0 spiro atoms. The molecule has 0 saturated carbocycles. The lowest BCUT2D eigenvalue weighted by atomic mass is 10.4. The Morgan fingerprint density at radius 1 is 1.50 bits per heavy atom. The Morgan fingerprint density at radius 3 is 2.64 bits per heavy atom. The SMILES string of the molecule is CCNC(=O)c1occc1[Si](C)(C)C. The summed E-state index contributed by atoms with van der Waals surface area (Å²) in [5.74, 6) is 0.390. The quantitative estimate of drug-likeness (QED) is 0.771. The van der Waals surface area contributed by atoms with Gasteiger partial charge in [0, 0.05) is 6.54 Å². The van der Waals surface area contributed by atoms with Crippen molar-refractivity contribution in [1.29, 1.82) is 0 Å². The van der Waals surface area contributed by atoms with Gasteiger partial charge in [-0.3, -0.25) is 4.79 Å². The van der Waals surface area contributed by atoms with E-state index in [1.807, 2.05) is 13.0 Å². The highest BCUT2D eigenvalue weighted by Gasteiger charge is 2.25. The summed E-state index contributed by atoms with van der Waals surface area (Å²) in [5.41, 5.74) is 0. The van der Waals surface area contributed by atoms with Gasteiger partial charge in [-0.1, -0.05) is 19.6 Å². The lowest BCUT2D eigenvalue weighted by Crippen LogP contribution is -2.41. The molecule has 1 aromatic heterocycles. The zero-order chi connectivity index (χ0) is 10.8. The number of furan rings is 1. The summed E-state index contributed by atoms with van der Waals surface area (Å²) >= 11 is 0. The van der Waals surface area contributed by atoms with Crippen LogP contribution in [0.2, 0.25) is 19.6 Å². The standard InChI is InChI=1S/C10H17NO2Si/c1-5-11-10(12)9-8(6-7-13-9)14(2,3)4/h6-7H,5H2,1-4H3,(H,11,12). The molecule has 1 N–H and O–H groups in total. The Labute approximate surface area is 85.5 Å². The van der Waals surface area contributed by atoms with Crippen LogP contribution >= 0.6 is 0 Å². The molecule has 1 rings (SSSR count). The maximum Gasteiger partial charge on any atom is 0.286 e. The fourth-order valence-electron chi connectivity index (χ4n) is 1.32. The van der Waals surface area contributed by atoms with Crippen LogP contribution in [-0.2, 0) is 0 Å². The van der Waals surface area contributed by atoms with Crippen molar-refractivity contribution in [2.24, 2.45) is 0 Å². The molecule has 0 radical (unpaired) electrons. The zero-order valence-corrected chi connectivity index (χ0v) is 10.2. The van der Waals surface area contributed by atoms with Crippen molar-refractivity contribution in [2.75, 3.05) is 6.54 Å². The number of rotatable bonds is 3. The van der Waals surface area contributed by atoms with E-state index in [9.17, 15) is 4.79 Å². The van der Waals surface area contributed by atoms with Crippen LogP contribution in [0.4, 0.5) is 0 Å². The van der Waals surface area contributed by atoms with Crippen LogP contribution < -0.4 is 10.5 Å². The van der Waals surface area contributed by atoms with Gasteiger partial charge in [-0.25, -0.2) is 0 Å². The summed E-state index contributed by atoms with van der Waals surface area (Å²) in [6.45, 7) is 9.11. The van der Waals surface area contributed by atoms with E-state index in [0.29, 0.717) is 12.3 Å². The summed E-state index contributed by atoms with van der Waals surface area (Å²) in [6, 6.07) is 1.91. The van der Waals surface area contributed by atoms with Crippen LogP contribution in [0.3, 0.4) is 0 Å². The van der Waals surface area contributed by atoms with Crippen molar-refractivity contribution < 1.29 is 9.21 Å². The minimum absolute atomic E-state index is 0.102. The van der Waals surface area contributed by atoms with Gasteiger partial charge in [0.2, 0.25) is 0 Å². The molecule has 4 heteroatoms. The number of carbonyl (C=O) groups is 1. The van der Waals surface area contributed by atoms with Gasteiger partial charge >= 0.3 is 0 Å². The summed E-state index contributed by atoms with van der Waals surface area (Å²) < 4.78 is 5.23. The first kappa shape index (κ1) is 11.0. The highest BCUT2D eigenvalue weighted by Crippen LogP contribution is 2.08. The molecule has 0 aliphatic carbocycles. The number of nitrogens with one attached hydrogen (secondary N) is 1. The monoisotopic (exact) mass is 211 g/mol. The smallest absolute Gasteiger partial charge is 0.286 e. The minimum Gasteiger partial charge on any atom is -0.459 e. The highest BCUT2D eigenvalue weighted by molar-refractivity contribution is 6.89. The first-order valence-electron chi connectivity index (χ1n) is 4.83. The van der Waals surface area contributed by atoms with Crippen LogP contribution in [-0.4, -0.2) is 20.5 Å². The number of amides is 1. The van der Waals surface area contributed by atoms with Crippen LogP contribution in [0.25, 0.3) is 0 Å². The number of hydrogen-bond donors (Lipinski definition) is 1. The molecular weight excluding hydrogens is 194 g/mol. The van der Waals surface area contributed by atoms with Crippen molar-refractivity contribution in [3.05, 3.63) is 18.1 Å². The second-order valence-corrected chi connectivity index (χ2v) is 9.31. The van der Waals surface area contributed by atoms with Gasteiger partial charge in [-0.05, 0) is 18.2 Å². The van der Waals surface area contributed by atoms with Crippen molar-refractivity contribution >= 4 is 19.2 Å². The lowest BCUT2D eigenvalue weighted by molar-refractivity contribution is 0.0929. The molecule has 1 aromatic rings. The second-order valence-electron chi connectivity index (χ2n) is 4.27. The van der Waals surface area contributed by atoms with Gasteiger partial charge in [-0.2, -0.15) is 0 Å². The fourth-order valence-corrected chi connectivity index (χ4v) is 2.74. The van der Waals surface area contributed by atoms with Gasteiger partial charge in [0.1, 0.15) is 0 Å². The Bertz CT molecular complexity index is 325. The molecule has 0 unspecified atom stereocenters. The van der Waals surface area contributed by atoms with Gasteiger partial charge in [0.25, 0.3) is 5.91 Å². The van der Waals surface area contributed by atoms with Crippen molar-refractivity contribution in [3.63, 3.8) is 0 Å². The van der Waals surface area contributed by atoms with Crippen molar-refractivity contribution in [3.8, 4) is 0 Å².